The monoisotopic (exact) mass is 374 g/mol. The Morgan fingerprint density at radius 2 is 2.08 bits per heavy atom. The summed E-state index contributed by atoms with van der Waals surface area (Å²) in [5.74, 6) is 0.184. The van der Waals surface area contributed by atoms with E-state index in [1.54, 1.807) is 0 Å². The molecule has 0 aromatic carbocycles. The van der Waals surface area contributed by atoms with Crippen LogP contribution in [-0.4, -0.2) is 76.4 Å². The Labute approximate surface area is 145 Å². The number of carbonyl (C=O) groups excluding carboxylic acids is 1. The number of ether oxygens (including phenoxy) is 1. The average molecular weight is 374 g/mol. The van der Waals surface area contributed by atoms with Crippen LogP contribution in [0.5, 0.6) is 0 Å². The molecule has 0 unspecified atom stereocenters. The summed E-state index contributed by atoms with van der Waals surface area (Å²) in [6.45, 7) is 4.96. The molecule has 0 spiro atoms. The second kappa shape index (κ2) is 7.34. The van der Waals surface area contributed by atoms with Crippen LogP contribution in [0.4, 0.5) is 5.82 Å². The molecule has 8 nitrogen and oxygen atoms in total. The van der Waals surface area contributed by atoms with E-state index in [0.29, 0.717) is 23.9 Å². The average Bonchev–Trinajstić information content (AvgIpc) is 2.99. The summed E-state index contributed by atoms with van der Waals surface area (Å²) >= 11 is 1.29. The lowest BCUT2D eigenvalue weighted by Gasteiger charge is -2.26. The Hall–Kier alpha value is -1.23. The van der Waals surface area contributed by atoms with Crippen molar-refractivity contribution in [1.82, 2.24) is 15.2 Å². The van der Waals surface area contributed by atoms with Crippen LogP contribution < -0.4 is 9.62 Å². The molecule has 1 saturated heterocycles. The first-order valence-corrected chi connectivity index (χ1v) is 10.7. The standard InChI is InChI=1S/C14H22N4O4S2/c1-24(20,21)18-5-2-3-11-12(18)16-14(23-11)13(19)15-4-6-17-7-9-22-10-8-17/h2-10H2,1H3,(H,15,19). The lowest BCUT2D eigenvalue weighted by molar-refractivity contribution is 0.0383. The lowest BCUT2D eigenvalue weighted by atomic mass is 10.2. The van der Waals surface area contributed by atoms with Crippen molar-refractivity contribution in [3.05, 3.63) is 9.88 Å². The third-order valence-corrected chi connectivity index (χ3v) is 6.35. The van der Waals surface area contributed by atoms with E-state index >= 15 is 0 Å². The number of fused-ring (bicyclic) bond motifs is 1. The van der Waals surface area contributed by atoms with Crippen LogP contribution in [0.1, 0.15) is 21.1 Å². The Morgan fingerprint density at radius 3 is 2.79 bits per heavy atom. The van der Waals surface area contributed by atoms with Gasteiger partial charge in [-0.1, -0.05) is 0 Å². The molecule has 2 aliphatic rings. The van der Waals surface area contributed by atoms with Crippen LogP contribution in [-0.2, 0) is 21.2 Å². The molecule has 1 N–H and O–H groups in total. The zero-order chi connectivity index (χ0) is 17.2. The summed E-state index contributed by atoms with van der Waals surface area (Å²) in [5.41, 5.74) is 0. The molecular weight excluding hydrogens is 352 g/mol. The van der Waals surface area contributed by atoms with Crippen molar-refractivity contribution in [3.63, 3.8) is 0 Å². The van der Waals surface area contributed by atoms with Gasteiger partial charge in [0.15, 0.2) is 10.8 Å². The van der Waals surface area contributed by atoms with E-state index in [9.17, 15) is 13.2 Å². The lowest BCUT2D eigenvalue weighted by Crippen LogP contribution is -2.41. The topological polar surface area (TPSA) is 91.8 Å². The number of rotatable bonds is 5. The molecule has 2 aliphatic heterocycles. The number of carbonyl (C=O) groups is 1. The number of nitrogens with one attached hydrogen (secondary N) is 1. The van der Waals surface area contributed by atoms with Gasteiger partial charge in [-0.05, 0) is 12.8 Å². The fraction of sp³-hybridized carbons (Fsp3) is 0.714. The predicted molar refractivity (Wildman–Crippen MR) is 92.2 cm³/mol. The largest absolute Gasteiger partial charge is 0.379 e. The van der Waals surface area contributed by atoms with Gasteiger partial charge in [-0.15, -0.1) is 11.3 Å². The van der Waals surface area contributed by atoms with Crippen molar-refractivity contribution in [2.24, 2.45) is 0 Å². The number of thiazole rings is 1. The molecule has 3 heterocycles. The fourth-order valence-electron chi connectivity index (χ4n) is 2.84. The quantitative estimate of drug-likeness (QED) is 0.775. The Balaban J connectivity index is 1.61. The zero-order valence-electron chi connectivity index (χ0n) is 13.7. The van der Waals surface area contributed by atoms with Gasteiger partial charge in [0.25, 0.3) is 5.91 Å². The van der Waals surface area contributed by atoms with E-state index in [-0.39, 0.29) is 5.91 Å². The third kappa shape index (κ3) is 4.05. The van der Waals surface area contributed by atoms with Crippen LogP contribution in [0, 0.1) is 0 Å². The molecular formula is C14H22N4O4S2. The summed E-state index contributed by atoms with van der Waals surface area (Å²) in [5, 5.41) is 3.20. The predicted octanol–water partition coefficient (Wildman–Crippen LogP) is -0.0827. The van der Waals surface area contributed by atoms with E-state index in [2.05, 4.69) is 15.2 Å². The molecule has 0 atom stereocenters. The molecule has 10 heteroatoms. The van der Waals surface area contributed by atoms with Crippen LogP contribution in [0.2, 0.25) is 0 Å². The molecule has 134 valence electrons. The smallest absolute Gasteiger partial charge is 0.280 e. The number of sulfonamides is 1. The summed E-state index contributed by atoms with van der Waals surface area (Å²) in [6.07, 6.45) is 2.68. The highest BCUT2D eigenvalue weighted by Crippen LogP contribution is 2.33. The number of hydrogen-bond donors (Lipinski definition) is 1. The minimum Gasteiger partial charge on any atom is -0.379 e. The summed E-state index contributed by atoms with van der Waals surface area (Å²) in [7, 11) is -3.36. The molecule has 24 heavy (non-hydrogen) atoms. The highest BCUT2D eigenvalue weighted by Gasteiger charge is 2.29. The number of hydrogen-bond acceptors (Lipinski definition) is 7. The van der Waals surface area contributed by atoms with Crippen LogP contribution in [0.25, 0.3) is 0 Å². The molecule has 1 fully saturated rings. The number of anilines is 1. The van der Waals surface area contributed by atoms with E-state index in [1.165, 1.54) is 21.9 Å². The number of amides is 1. The summed E-state index contributed by atoms with van der Waals surface area (Å²) in [6, 6.07) is 0. The van der Waals surface area contributed by atoms with Gasteiger partial charge >= 0.3 is 0 Å². The van der Waals surface area contributed by atoms with Crippen molar-refractivity contribution < 1.29 is 17.9 Å². The highest BCUT2D eigenvalue weighted by atomic mass is 32.2. The van der Waals surface area contributed by atoms with Gasteiger partial charge < -0.3 is 10.1 Å². The molecule has 1 aromatic rings. The van der Waals surface area contributed by atoms with E-state index in [1.807, 2.05) is 0 Å². The Morgan fingerprint density at radius 1 is 1.33 bits per heavy atom. The zero-order valence-corrected chi connectivity index (χ0v) is 15.3. The fourth-order valence-corrected chi connectivity index (χ4v) is 4.85. The van der Waals surface area contributed by atoms with Crippen molar-refractivity contribution in [2.75, 3.05) is 56.5 Å². The van der Waals surface area contributed by atoms with Gasteiger partial charge in [-0.2, -0.15) is 0 Å². The number of nitrogens with zero attached hydrogens (tertiary/aromatic N) is 3. The molecule has 0 aliphatic carbocycles. The minimum absolute atomic E-state index is 0.240. The normalized spacial score (nSPS) is 19.1. The van der Waals surface area contributed by atoms with E-state index < -0.39 is 10.0 Å². The third-order valence-electron chi connectivity index (χ3n) is 4.09. The molecule has 3 rings (SSSR count). The van der Waals surface area contributed by atoms with Crippen LogP contribution in [0.15, 0.2) is 0 Å². The Bertz CT molecular complexity index is 698. The molecule has 0 radical (unpaired) electrons. The van der Waals surface area contributed by atoms with Gasteiger partial charge in [-0.3, -0.25) is 14.0 Å². The molecule has 1 aromatic heterocycles. The molecule has 0 bridgehead atoms. The van der Waals surface area contributed by atoms with Crippen molar-refractivity contribution in [3.8, 4) is 0 Å². The first-order chi connectivity index (χ1) is 11.4. The first-order valence-electron chi connectivity index (χ1n) is 8.01. The number of aromatic nitrogens is 1. The van der Waals surface area contributed by atoms with E-state index in [4.69, 9.17) is 4.74 Å². The van der Waals surface area contributed by atoms with Crippen LogP contribution in [0.3, 0.4) is 0 Å². The SMILES string of the molecule is CS(=O)(=O)N1CCCc2sc(C(=O)NCCN3CCOCC3)nc21. The second-order valence-electron chi connectivity index (χ2n) is 5.91. The maximum Gasteiger partial charge on any atom is 0.280 e. The Kier molecular flexibility index (Phi) is 5.38. The number of aryl methyl sites for hydroxylation is 1. The van der Waals surface area contributed by atoms with Gasteiger partial charge in [0.1, 0.15) is 0 Å². The van der Waals surface area contributed by atoms with Gasteiger partial charge in [0.2, 0.25) is 10.0 Å². The number of morpholine rings is 1. The second-order valence-corrected chi connectivity index (χ2v) is 8.90. The van der Waals surface area contributed by atoms with Crippen molar-refractivity contribution >= 4 is 33.1 Å². The summed E-state index contributed by atoms with van der Waals surface area (Å²) < 4.78 is 30.3. The van der Waals surface area contributed by atoms with Crippen molar-refractivity contribution in [1.29, 1.82) is 0 Å². The van der Waals surface area contributed by atoms with Crippen molar-refractivity contribution in [2.45, 2.75) is 12.8 Å². The van der Waals surface area contributed by atoms with Gasteiger partial charge in [0.05, 0.1) is 24.3 Å². The van der Waals surface area contributed by atoms with Crippen LogP contribution >= 0.6 is 11.3 Å². The highest BCUT2D eigenvalue weighted by molar-refractivity contribution is 7.92. The van der Waals surface area contributed by atoms with Gasteiger partial charge in [-0.25, -0.2) is 13.4 Å². The van der Waals surface area contributed by atoms with E-state index in [0.717, 1.165) is 50.6 Å². The maximum atomic E-state index is 12.3. The molecule has 0 saturated carbocycles. The minimum atomic E-state index is -3.36. The molecule has 1 amide bonds. The maximum absolute atomic E-state index is 12.3. The van der Waals surface area contributed by atoms with Gasteiger partial charge in [0, 0.05) is 32.7 Å². The first kappa shape index (κ1) is 17.6. The summed E-state index contributed by atoms with van der Waals surface area (Å²) in [4.78, 5) is 19.7.